The Morgan fingerprint density at radius 3 is 2.40 bits per heavy atom. The molecule has 0 bridgehead atoms. The Morgan fingerprint density at radius 1 is 0.967 bits per heavy atom. The third-order valence-electron chi connectivity index (χ3n) is 5.04. The summed E-state index contributed by atoms with van der Waals surface area (Å²) in [5.41, 5.74) is 4.46. The molecule has 154 valence electrons. The van der Waals surface area contributed by atoms with Crippen LogP contribution in [0.2, 0.25) is 0 Å². The SMILES string of the molecule is CC(C)OC(=O)Nc1ccc2c(c1)N(C(=O)Cn1cccc1)c1ccccc1CC2. The number of aromatic nitrogens is 1. The van der Waals surface area contributed by atoms with Gasteiger partial charge in [-0.3, -0.25) is 15.0 Å². The first-order valence-corrected chi connectivity index (χ1v) is 10.1. The van der Waals surface area contributed by atoms with Gasteiger partial charge in [-0.1, -0.05) is 24.3 Å². The zero-order valence-electron chi connectivity index (χ0n) is 17.2. The number of rotatable bonds is 4. The molecule has 1 aliphatic heterocycles. The predicted molar refractivity (Wildman–Crippen MR) is 117 cm³/mol. The molecule has 2 amide bonds. The van der Waals surface area contributed by atoms with Crippen LogP contribution in [0.25, 0.3) is 0 Å². The summed E-state index contributed by atoms with van der Waals surface area (Å²) in [7, 11) is 0. The fraction of sp³-hybridized carbons (Fsp3) is 0.250. The summed E-state index contributed by atoms with van der Waals surface area (Å²) in [5, 5.41) is 2.77. The first kappa shape index (κ1) is 19.8. The van der Waals surface area contributed by atoms with E-state index in [9.17, 15) is 9.59 Å². The van der Waals surface area contributed by atoms with Crippen molar-refractivity contribution in [3.05, 3.63) is 78.1 Å². The molecular weight excluding hydrogens is 378 g/mol. The zero-order valence-corrected chi connectivity index (χ0v) is 17.2. The Morgan fingerprint density at radius 2 is 1.67 bits per heavy atom. The van der Waals surface area contributed by atoms with E-state index in [-0.39, 0.29) is 18.6 Å². The van der Waals surface area contributed by atoms with Crippen LogP contribution in [0, 0.1) is 0 Å². The summed E-state index contributed by atoms with van der Waals surface area (Å²) in [5.74, 6) is -0.0382. The number of hydrogen-bond donors (Lipinski definition) is 1. The number of ether oxygens (including phenoxy) is 1. The van der Waals surface area contributed by atoms with Gasteiger partial charge in [-0.05, 0) is 68.1 Å². The lowest BCUT2D eigenvalue weighted by molar-refractivity contribution is -0.118. The summed E-state index contributed by atoms with van der Waals surface area (Å²) >= 11 is 0. The zero-order chi connectivity index (χ0) is 21.1. The normalized spacial score (nSPS) is 12.7. The van der Waals surface area contributed by atoms with Gasteiger partial charge in [-0.25, -0.2) is 4.79 Å². The number of nitrogens with zero attached hydrogens (tertiary/aromatic N) is 2. The Kier molecular flexibility index (Phi) is 5.57. The number of benzene rings is 2. The van der Waals surface area contributed by atoms with Crippen molar-refractivity contribution in [1.29, 1.82) is 0 Å². The Hall–Kier alpha value is -3.54. The third-order valence-corrected chi connectivity index (χ3v) is 5.04. The quantitative estimate of drug-likeness (QED) is 0.673. The minimum Gasteiger partial charge on any atom is -0.447 e. The van der Waals surface area contributed by atoms with E-state index in [4.69, 9.17) is 4.74 Å². The predicted octanol–water partition coefficient (Wildman–Crippen LogP) is 4.91. The highest BCUT2D eigenvalue weighted by Crippen LogP contribution is 2.37. The van der Waals surface area contributed by atoms with Crippen LogP contribution in [0.3, 0.4) is 0 Å². The molecule has 6 heteroatoms. The van der Waals surface area contributed by atoms with Gasteiger partial charge in [-0.2, -0.15) is 0 Å². The second-order valence-corrected chi connectivity index (χ2v) is 7.64. The highest BCUT2D eigenvalue weighted by Gasteiger charge is 2.26. The lowest BCUT2D eigenvalue weighted by Crippen LogP contribution is -2.30. The maximum Gasteiger partial charge on any atom is 0.411 e. The van der Waals surface area contributed by atoms with Gasteiger partial charge in [0.25, 0.3) is 5.91 Å². The molecule has 0 radical (unpaired) electrons. The van der Waals surface area contributed by atoms with E-state index in [0.717, 1.165) is 35.3 Å². The Labute approximate surface area is 176 Å². The second kappa shape index (κ2) is 8.45. The van der Waals surface area contributed by atoms with Crippen LogP contribution in [0.4, 0.5) is 21.9 Å². The fourth-order valence-corrected chi connectivity index (χ4v) is 3.73. The molecule has 2 heterocycles. The first-order chi connectivity index (χ1) is 14.5. The standard InChI is InChI=1S/C24H25N3O3/c1-17(2)30-24(29)25-20-12-11-19-10-9-18-7-3-4-8-21(18)27(22(19)15-20)23(28)16-26-13-5-6-14-26/h3-8,11-15,17H,9-10,16H2,1-2H3,(H,25,29). The average molecular weight is 403 g/mol. The molecule has 1 aliphatic rings. The van der Waals surface area contributed by atoms with Crippen molar-refractivity contribution in [3.8, 4) is 0 Å². The Balaban J connectivity index is 1.73. The number of carbonyl (C=O) groups is 2. The van der Waals surface area contributed by atoms with Crippen molar-refractivity contribution < 1.29 is 14.3 Å². The van der Waals surface area contributed by atoms with Crippen LogP contribution < -0.4 is 10.2 Å². The summed E-state index contributed by atoms with van der Waals surface area (Å²) in [6.45, 7) is 3.83. The largest absolute Gasteiger partial charge is 0.447 e. The van der Waals surface area contributed by atoms with E-state index < -0.39 is 6.09 Å². The van der Waals surface area contributed by atoms with Crippen LogP contribution in [-0.4, -0.2) is 22.7 Å². The van der Waals surface area contributed by atoms with Gasteiger partial charge in [0, 0.05) is 18.1 Å². The maximum atomic E-state index is 13.4. The molecule has 0 spiro atoms. The molecule has 6 nitrogen and oxygen atoms in total. The number of fused-ring (bicyclic) bond motifs is 2. The maximum absolute atomic E-state index is 13.4. The van der Waals surface area contributed by atoms with Crippen molar-refractivity contribution in [2.24, 2.45) is 0 Å². The number of nitrogens with one attached hydrogen (secondary N) is 1. The van der Waals surface area contributed by atoms with E-state index in [0.29, 0.717) is 5.69 Å². The van der Waals surface area contributed by atoms with Gasteiger partial charge in [-0.15, -0.1) is 0 Å². The van der Waals surface area contributed by atoms with E-state index in [1.54, 1.807) is 18.7 Å². The molecule has 0 saturated heterocycles. The van der Waals surface area contributed by atoms with E-state index in [1.807, 2.05) is 65.5 Å². The fourth-order valence-electron chi connectivity index (χ4n) is 3.73. The van der Waals surface area contributed by atoms with Crippen LogP contribution in [-0.2, 0) is 28.9 Å². The van der Waals surface area contributed by atoms with Crippen molar-refractivity contribution in [2.75, 3.05) is 10.2 Å². The molecule has 0 atom stereocenters. The van der Waals surface area contributed by atoms with Gasteiger partial charge in [0.15, 0.2) is 0 Å². The van der Waals surface area contributed by atoms with Crippen molar-refractivity contribution in [2.45, 2.75) is 39.3 Å². The number of anilines is 3. The second-order valence-electron chi connectivity index (χ2n) is 7.64. The van der Waals surface area contributed by atoms with Gasteiger partial charge in [0.1, 0.15) is 6.54 Å². The number of amides is 2. The number of aryl methyl sites for hydroxylation is 2. The molecule has 0 aliphatic carbocycles. The summed E-state index contributed by atoms with van der Waals surface area (Å²) in [6, 6.07) is 17.5. The van der Waals surface area contributed by atoms with Crippen LogP contribution in [0.15, 0.2) is 67.0 Å². The summed E-state index contributed by atoms with van der Waals surface area (Å²) in [4.78, 5) is 27.3. The Bertz CT molecular complexity index is 1060. The number of hydrogen-bond acceptors (Lipinski definition) is 3. The van der Waals surface area contributed by atoms with Crippen molar-refractivity contribution in [3.63, 3.8) is 0 Å². The van der Waals surface area contributed by atoms with Gasteiger partial charge in [0.05, 0.1) is 17.5 Å². The topological polar surface area (TPSA) is 63.6 Å². The third kappa shape index (κ3) is 4.22. The van der Waals surface area contributed by atoms with Crippen LogP contribution in [0.5, 0.6) is 0 Å². The van der Waals surface area contributed by atoms with Crippen molar-refractivity contribution >= 4 is 29.1 Å². The lowest BCUT2D eigenvalue weighted by atomic mass is 10.0. The minimum absolute atomic E-state index is 0.0382. The van der Waals surface area contributed by atoms with E-state index in [1.165, 1.54) is 0 Å². The molecule has 0 saturated carbocycles. The molecule has 4 rings (SSSR count). The first-order valence-electron chi connectivity index (χ1n) is 10.1. The molecular formula is C24H25N3O3. The lowest BCUT2D eigenvalue weighted by Gasteiger charge is -2.26. The monoisotopic (exact) mass is 403 g/mol. The van der Waals surface area contributed by atoms with E-state index >= 15 is 0 Å². The molecule has 0 unspecified atom stereocenters. The van der Waals surface area contributed by atoms with Gasteiger partial charge in [0.2, 0.25) is 0 Å². The van der Waals surface area contributed by atoms with Crippen LogP contribution in [0.1, 0.15) is 25.0 Å². The summed E-state index contributed by atoms with van der Waals surface area (Å²) < 4.78 is 7.05. The molecule has 2 aromatic carbocycles. The minimum atomic E-state index is -0.510. The molecule has 1 N–H and O–H groups in total. The highest BCUT2D eigenvalue weighted by atomic mass is 16.6. The molecule has 0 fully saturated rings. The van der Waals surface area contributed by atoms with Gasteiger partial charge >= 0.3 is 6.09 Å². The van der Waals surface area contributed by atoms with Crippen LogP contribution >= 0.6 is 0 Å². The highest BCUT2D eigenvalue weighted by molar-refractivity contribution is 6.03. The van der Waals surface area contributed by atoms with Crippen molar-refractivity contribution in [1.82, 2.24) is 4.57 Å². The number of para-hydroxylation sites is 1. The average Bonchev–Trinajstić information content (AvgIpc) is 3.14. The summed E-state index contributed by atoms with van der Waals surface area (Å²) in [6.07, 6.45) is 4.70. The molecule has 30 heavy (non-hydrogen) atoms. The van der Waals surface area contributed by atoms with E-state index in [2.05, 4.69) is 11.4 Å². The number of carbonyl (C=O) groups excluding carboxylic acids is 2. The molecule has 3 aromatic rings. The smallest absolute Gasteiger partial charge is 0.411 e. The van der Waals surface area contributed by atoms with Gasteiger partial charge < -0.3 is 9.30 Å². The molecule has 1 aromatic heterocycles.